The smallest absolute Gasteiger partial charge is 0.312 e. The van der Waals surface area contributed by atoms with Gasteiger partial charge in [0.25, 0.3) is 0 Å². The first kappa shape index (κ1) is 14.1. The number of amides is 3. The van der Waals surface area contributed by atoms with Crippen molar-refractivity contribution in [3.8, 4) is 0 Å². The van der Waals surface area contributed by atoms with Crippen LogP contribution in [0.1, 0.15) is 26.2 Å². The van der Waals surface area contributed by atoms with Crippen molar-refractivity contribution in [2.75, 3.05) is 26.2 Å². The molecular weight excluding hydrogens is 244 g/mol. The Morgan fingerprint density at radius 3 is 2.84 bits per heavy atom. The zero-order chi connectivity index (χ0) is 13.8. The van der Waals surface area contributed by atoms with Crippen molar-refractivity contribution in [3.63, 3.8) is 0 Å². The van der Waals surface area contributed by atoms with E-state index in [0.717, 1.165) is 38.9 Å². The normalized spacial score (nSPS) is 31.2. The average molecular weight is 268 g/mol. The summed E-state index contributed by atoms with van der Waals surface area (Å²) < 4.78 is 0. The summed E-state index contributed by atoms with van der Waals surface area (Å²) in [6, 6.07) is -0.516. The van der Waals surface area contributed by atoms with Crippen LogP contribution >= 0.6 is 0 Å². The van der Waals surface area contributed by atoms with Gasteiger partial charge in [-0.05, 0) is 37.6 Å². The molecule has 2 aliphatic rings. The van der Waals surface area contributed by atoms with Crippen LogP contribution in [0, 0.1) is 11.8 Å². The number of carbonyl (C=O) groups excluding carboxylic acids is 2. The number of rotatable bonds is 3. The molecule has 6 nitrogen and oxygen atoms in total. The molecule has 3 atom stereocenters. The minimum Gasteiger partial charge on any atom is -0.352 e. The summed E-state index contributed by atoms with van der Waals surface area (Å²) in [5, 5.41) is 5.93. The lowest BCUT2D eigenvalue weighted by Crippen LogP contribution is -2.51. The molecule has 0 aliphatic carbocycles. The Morgan fingerprint density at radius 2 is 2.21 bits per heavy atom. The zero-order valence-electron chi connectivity index (χ0n) is 11.5. The quantitative estimate of drug-likeness (QED) is 0.667. The van der Waals surface area contributed by atoms with E-state index in [2.05, 4.69) is 17.6 Å². The van der Waals surface area contributed by atoms with Gasteiger partial charge in [0.05, 0.1) is 6.04 Å². The Labute approximate surface area is 114 Å². The van der Waals surface area contributed by atoms with Gasteiger partial charge in [0, 0.05) is 19.6 Å². The number of likely N-dealkylation sites (tertiary alicyclic amines) is 1. The number of hydrogen-bond acceptors (Lipinski definition) is 3. The first-order valence-corrected chi connectivity index (χ1v) is 7.13. The number of hydrogen-bond donors (Lipinski definition) is 3. The molecule has 2 heterocycles. The van der Waals surface area contributed by atoms with E-state index in [1.54, 1.807) is 0 Å². The van der Waals surface area contributed by atoms with Gasteiger partial charge in [-0.25, -0.2) is 4.79 Å². The van der Waals surface area contributed by atoms with Crippen LogP contribution < -0.4 is 16.4 Å². The van der Waals surface area contributed by atoms with Crippen LogP contribution in [0.25, 0.3) is 0 Å². The fourth-order valence-corrected chi connectivity index (χ4v) is 3.04. The first-order valence-electron chi connectivity index (χ1n) is 7.13. The van der Waals surface area contributed by atoms with Crippen LogP contribution in [0.3, 0.4) is 0 Å². The maximum Gasteiger partial charge on any atom is 0.312 e. The molecule has 0 aromatic heterocycles. The van der Waals surface area contributed by atoms with Gasteiger partial charge < -0.3 is 21.3 Å². The minimum atomic E-state index is -0.491. The van der Waals surface area contributed by atoms with Crippen LogP contribution in [0.5, 0.6) is 0 Å². The third kappa shape index (κ3) is 3.59. The molecule has 4 N–H and O–H groups in total. The van der Waals surface area contributed by atoms with E-state index in [1.165, 1.54) is 0 Å². The van der Waals surface area contributed by atoms with E-state index in [4.69, 9.17) is 5.73 Å². The Bertz CT molecular complexity index is 348. The molecule has 2 rings (SSSR count). The zero-order valence-corrected chi connectivity index (χ0v) is 11.5. The number of urea groups is 1. The van der Waals surface area contributed by atoms with Crippen molar-refractivity contribution in [1.82, 2.24) is 15.5 Å². The molecule has 2 aliphatic heterocycles. The lowest BCUT2D eigenvalue weighted by atomic mass is 9.95. The fraction of sp³-hybridized carbons (Fsp3) is 0.846. The van der Waals surface area contributed by atoms with Crippen LogP contribution in [-0.2, 0) is 4.79 Å². The molecule has 6 heteroatoms. The average Bonchev–Trinajstić information content (AvgIpc) is 2.82. The van der Waals surface area contributed by atoms with Crippen LogP contribution in [0.2, 0.25) is 0 Å². The molecule has 0 aromatic carbocycles. The summed E-state index contributed by atoms with van der Waals surface area (Å²) in [4.78, 5) is 25.1. The Hall–Kier alpha value is -1.30. The Kier molecular flexibility index (Phi) is 4.63. The van der Waals surface area contributed by atoms with Crippen molar-refractivity contribution in [3.05, 3.63) is 0 Å². The molecule has 0 aromatic rings. The molecule has 2 saturated heterocycles. The predicted molar refractivity (Wildman–Crippen MR) is 72.5 cm³/mol. The monoisotopic (exact) mass is 268 g/mol. The van der Waals surface area contributed by atoms with Crippen molar-refractivity contribution in [1.29, 1.82) is 0 Å². The number of nitrogens with zero attached hydrogens (tertiary/aromatic N) is 1. The van der Waals surface area contributed by atoms with Gasteiger partial charge in [-0.3, -0.25) is 4.79 Å². The molecule has 3 amide bonds. The topological polar surface area (TPSA) is 87.5 Å². The second-order valence-electron chi connectivity index (χ2n) is 5.74. The molecular formula is C13H24N4O2. The Morgan fingerprint density at radius 1 is 1.42 bits per heavy atom. The van der Waals surface area contributed by atoms with Crippen molar-refractivity contribution >= 4 is 11.9 Å². The SMILES string of the molecule is CC1CCNC1C(=O)N1CCCC(CNC(N)=O)C1. The van der Waals surface area contributed by atoms with E-state index in [-0.39, 0.29) is 11.9 Å². The molecule has 3 unspecified atom stereocenters. The molecule has 0 bridgehead atoms. The highest BCUT2D eigenvalue weighted by Gasteiger charge is 2.34. The van der Waals surface area contributed by atoms with Crippen LogP contribution in [0.15, 0.2) is 0 Å². The summed E-state index contributed by atoms with van der Waals surface area (Å²) in [5.41, 5.74) is 5.08. The lowest BCUT2D eigenvalue weighted by molar-refractivity contribution is -0.135. The second kappa shape index (κ2) is 6.23. The highest BCUT2D eigenvalue weighted by Crippen LogP contribution is 2.21. The van der Waals surface area contributed by atoms with E-state index < -0.39 is 6.03 Å². The summed E-state index contributed by atoms with van der Waals surface area (Å²) >= 11 is 0. The van der Waals surface area contributed by atoms with Gasteiger partial charge in [-0.2, -0.15) is 0 Å². The lowest BCUT2D eigenvalue weighted by Gasteiger charge is -2.35. The van der Waals surface area contributed by atoms with E-state index in [0.29, 0.717) is 18.4 Å². The number of piperidine rings is 1. The van der Waals surface area contributed by atoms with Crippen molar-refractivity contribution in [2.45, 2.75) is 32.2 Å². The van der Waals surface area contributed by atoms with Crippen LogP contribution in [-0.4, -0.2) is 49.1 Å². The predicted octanol–water partition coefficient (Wildman–Crippen LogP) is -0.109. The third-order valence-corrected chi connectivity index (χ3v) is 4.19. The largest absolute Gasteiger partial charge is 0.352 e. The molecule has 0 spiro atoms. The van der Waals surface area contributed by atoms with Gasteiger partial charge in [-0.1, -0.05) is 6.92 Å². The van der Waals surface area contributed by atoms with Crippen LogP contribution in [0.4, 0.5) is 4.79 Å². The molecule has 108 valence electrons. The van der Waals surface area contributed by atoms with Crippen molar-refractivity contribution in [2.24, 2.45) is 17.6 Å². The highest BCUT2D eigenvalue weighted by atomic mass is 16.2. The van der Waals surface area contributed by atoms with Gasteiger partial charge >= 0.3 is 6.03 Å². The third-order valence-electron chi connectivity index (χ3n) is 4.19. The van der Waals surface area contributed by atoms with E-state index in [1.807, 2.05) is 4.90 Å². The summed E-state index contributed by atoms with van der Waals surface area (Å²) in [6.45, 7) is 5.17. The van der Waals surface area contributed by atoms with Gasteiger partial charge in [-0.15, -0.1) is 0 Å². The molecule has 19 heavy (non-hydrogen) atoms. The summed E-state index contributed by atoms with van der Waals surface area (Å²) in [7, 11) is 0. The number of carbonyl (C=O) groups is 2. The van der Waals surface area contributed by atoms with Gasteiger partial charge in [0.15, 0.2) is 0 Å². The molecule has 0 saturated carbocycles. The minimum absolute atomic E-state index is 0.0251. The van der Waals surface area contributed by atoms with Gasteiger partial charge in [0.1, 0.15) is 0 Å². The number of primary amides is 1. The van der Waals surface area contributed by atoms with Crippen molar-refractivity contribution < 1.29 is 9.59 Å². The number of nitrogens with two attached hydrogens (primary N) is 1. The second-order valence-corrected chi connectivity index (χ2v) is 5.74. The fourth-order valence-electron chi connectivity index (χ4n) is 3.04. The standard InChI is InChI=1S/C13H24N4O2/c1-9-4-5-15-11(9)12(18)17-6-2-3-10(8-17)7-16-13(14)19/h9-11,15H,2-8H2,1H3,(H3,14,16,19). The molecule has 2 fully saturated rings. The maximum absolute atomic E-state index is 12.4. The van der Waals surface area contributed by atoms with Gasteiger partial charge in [0.2, 0.25) is 5.91 Å². The Balaban J connectivity index is 1.86. The van der Waals surface area contributed by atoms with E-state index >= 15 is 0 Å². The highest BCUT2D eigenvalue weighted by molar-refractivity contribution is 5.82. The molecule has 0 radical (unpaired) electrons. The van der Waals surface area contributed by atoms with E-state index in [9.17, 15) is 9.59 Å². The number of nitrogens with one attached hydrogen (secondary N) is 2. The maximum atomic E-state index is 12.4. The summed E-state index contributed by atoms with van der Waals surface area (Å²) in [6.07, 6.45) is 3.10. The first-order chi connectivity index (χ1) is 9.08. The summed E-state index contributed by atoms with van der Waals surface area (Å²) in [5.74, 6) is 0.951.